The average Bonchev–Trinajstić information content (AvgIpc) is 3.12. The van der Waals surface area contributed by atoms with Gasteiger partial charge in [0, 0.05) is 11.6 Å². The Morgan fingerprint density at radius 2 is 1.62 bits per heavy atom. The van der Waals surface area contributed by atoms with Gasteiger partial charge in [-0.1, -0.05) is 48.5 Å². The highest BCUT2D eigenvalue weighted by Crippen LogP contribution is 2.44. The van der Waals surface area contributed by atoms with Crippen LogP contribution in [0.3, 0.4) is 0 Å². The molecule has 4 heteroatoms. The number of hydrogen-bond acceptors (Lipinski definition) is 3. The molecule has 0 radical (unpaired) electrons. The number of hydrogen-bond donors (Lipinski definition) is 1. The van der Waals surface area contributed by atoms with E-state index in [1.807, 2.05) is 41.8 Å². The van der Waals surface area contributed by atoms with E-state index in [-0.39, 0.29) is 11.8 Å². The van der Waals surface area contributed by atoms with Gasteiger partial charge in [0.15, 0.2) is 5.13 Å². The summed E-state index contributed by atoms with van der Waals surface area (Å²) < 4.78 is 0. The van der Waals surface area contributed by atoms with Gasteiger partial charge in [0.25, 0.3) is 0 Å². The third-order valence-corrected chi connectivity index (χ3v) is 4.45. The summed E-state index contributed by atoms with van der Waals surface area (Å²) in [6, 6.07) is 16.2. The number of nitrogens with one attached hydrogen (secondary N) is 1. The monoisotopic (exact) mass is 292 g/mol. The van der Waals surface area contributed by atoms with Crippen LogP contribution in [0.4, 0.5) is 5.13 Å². The first-order valence-electron chi connectivity index (χ1n) is 6.73. The van der Waals surface area contributed by atoms with E-state index in [0.29, 0.717) is 5.13 Å². The van der Waals surface area contributed by atoms with Gasteiger partial charge in [-0.05, 0) is 22.3 Å². The van der Waals surface area contributed by atoms with Crippen LogP contribution in [0, 0.1) is 0 Å². The lowest BCUT2D eigenvalue weighted by Crippen LogP contribution is -2.20. The van der Waals surface area contributed by atoms with E-state index in [9.17, 15) is 4.79 Å². The fraction of sp³-hybridized carbons (Fsp3) is 0.0588. The van der Waals surface area contributed by atoms with Crippen molar-refractivity contribution in [1.29, 1.82) is 0 Å². The van der Waals surface area contributed by atoms with E-state index in [0.717, 1.165) is 22.3 Å². The molecule has 1 aliphatic carbocycles. The van der Waals surface area contributed by atoms with E-state index in [1.54, 1.807) is 6.20 Å². The largest absolute Gasteiger partial charge is 0.301 e. The summed E-state index contributed by atoms with van der Waals surface area (Å²) in [5, 5.41) is 5.41. The fourth-order valence-corrected chi connectivity index (χ4v) is 3.43. The molecule has 1 amide bonds. The second-order valence-electron chi connectivity index (χ2n) is 4.93. The Labute approximate surface area is 126 Å². The molecule has 0 spiro atoms. The summed E-state index contributed by atoms with van der Waals surface area (Å²) in [4.78, 5) is 16.8. The van der Waals surface area contributed by atoms with Gasteiger partial charge in [-0.2, -0.15) is 0 Å². The fourth-order valence-electron chi connectivity index (χ4n) is 2.90. The van der Waals surface area contributed by atoms with Crippen LogP contribution >= 0.6 is 11.3 Å². The zero-order valence-corrected chi connectivity index (χ0v) is 11.9. The molecule has 0 atom stereocenters. The average molecular weight is 292 g/mol. The molecule has 0 aliphatic heterocycles. The zero-order valence-electron chi connectivity index (χ0n) is 11.1. The first kappa shape index (κ1) is 12.3. The molecule has 2 aromatic carbocycles. The lowest BCUT2D eigenvalue weighted by atomic mass is 9.96. The summed E-state index contributed by atoms with van der Waals surface area (Å²) in [6.07, 6.45) is 1.69. The topological polar surface area (TPSA) is 42.0 Å². The first-order valence-corrected chi connectivity index (χ1v) is 7.61. The van der Waals surface area contributed by atoms with Crippen LogP contribution < -0.4 is 5.32 Å². The van der Waals surface area contributed by atoms with Gasteiger partial charge in [0.1, 0.15) is 0 Å². The van der Waals surface area contributed by atoms with Crippen LogP contribution in [0.2, 0.25) is 0 Å². The molecular weight excluding hydrogens is 280 g/mol. The van der Waals surface area contributed by atoms with Crippen LogP contribution in [0.25, 0.3) is 11.1 Å². The lowest BCUT2D eigenvalue weighted by molar-refractivity contribution is -0.116. The number of nitrogens with zero attached hydrogens (tertiary/aromatic N) is 1. The Kier molecular flexibility index (Phi) is 2.82. The Morgan fingerprint density at radius 3 is 2.19 bits per heavy atom. The van der Waals surface area contributed by atoms with E-state index in [4.69, 9.17) is 0 Å². The Hall–Kier alpha value is -2.46. The van der Waals surface area contributed by atoms with E-state index in [2.05, 4.69) is 22.4 Å². The molecule has 3 aromatic rings. The van der Waals surface area contributed by atoms with Gasteiger partial charge in [-0.15, -0.1) is 11.3 Å². The lowest BCUT2D eigenvalue weighted by Gasteiger charge is -2.12. The second-order valence-corrected chi connectivity index (χ2v) is 5.83. The molecule has 0 saturated heterocycles. The summed E-state index contributed by atoms with van der Waals surface area (Å²) in [6.45, 7) is 0. The number of carbonyl (C=O) groups is 1. The summed E-state index contributed by atoms with van der Waals surface area (Å²) >= 11 is 1.43. The Morgan fingerprint density at radius 1 is 1.00 bits per heavy atom. The van der Waals surface area contributed by atoms with Crippen LogP contribution in [0.1, 0.15) is 17.0 Å². The van der Waals surface area contributed by atoms with E-state index in [1.165, 1.54) is 11.3 Å². The molecule has 3 nitrogen and oxygen atoms in total. The number of amides is 1. The smallest absolute Gasteiger partial charge is 0.238 e. The van der Waals surface area contributed by atoms with Crippen molar-refractivity contribution in [2.75, 3.05) is 5.32 Å². The maximum Gasteiger partial charge on any atom is 0.238 e. The number of anilines is 1. The minimum atomic E-state index is -0.263. The van der Waals surface area contributed by atoms with Crippen molar-refractivity contribution in [2.24, 2.45) is 0 Å². The second kappa shape index (κ2) is 4.82. The number of carbonyl (C=O) groups excluding carboxylic acids is 1. The molecule has 0 fully saturated rings. The van der Waals surface area contributed by atoms with Crippen molar-refractivity contribution < 1.29 is 4.79 Å². The highest BCUT2D eigenvalue weighted by Gasteiger charge is 2.33. The molecular formula is C17H12N2OS. The predicted octanol–water partition coefficient (Wildman–Crippen LogP) is 3.89. The van der Waals surface area contributed by atoms with Gasteiger partial charge >= 0.3 is 0 Å². The third-order valence-electron chi connectivity index (χ3n) is 3.76. The van der Waals surface area contributed by atoms with Gasteiger partial charge in [-0.3, -0.25) is 4.79 Å². The third kappa shape index (κ3) is 1.96. The molecule has 1 aromatic heterocycles. The number of thiazole rings is 1. The van der Waals surface area contributed by atoms with Crippen molar-refractivity contribution in [3.63, 3.8) is 0 Å². The summed E-state index contributed by atoms with van der Waals surface area (Å²) in [5.41, 5.74) is 4.42. The van der Waals surface area contributed by atoms with Crippen molar-refractivity contribution in [3.8, 4) is 11.1 Å². The maximum absolute atomic E-state index is 12.7. The normalized spacial score (nSPS) is 12.8. The molecule has 1 N–H and O–H groups in total. The SMILES string of the molecule is O=C(Nc1nccs1)C1c2ccccc2-c2ccccc21. The molecule has 1 heterocycles. The molecule has 0 unspecified atom stereocenters. The molecule has 0 bridgehead atoms. The van der Waals surface area contributed by atoms with Gasteiger partial charge in [0.2, 0.25) is 5.91 Å². The van der Waals surface area contributed by atoms with Crippen LogP contribution in [-0.4, -0.2) is 10.9 Å². The standard InChI is InChI=1S/C17H12N2OS/c20-16(19-17-18-9-10-21-17)15-13-7-3-1-5-11(13)12-6-2-4-8-14(12)15/h1-10,15H,(H,18,19,20). The maximum atomic E-state index is 12.7. The number of fused-ring (bicyclic) bond motifs is 3. The minimum absolute atomic E-state index is 0.0256. The molecule has 21 heavy (non-hydrogen) atoms. The van der Waals surface area contributed by atoms with Crippen LogP contribution in [0.15, 0.2) is 60.1 Å². The highest BCUT2D eigenvalue weighted by molar-refractivity contribution is 7.13. The highest BCUT2D eigenvalue weighted by atomic mass is 32.1. The van der Waals surface area contributed by atoms with Crippen molar-refractivity contribution in [2.45, 2.75) is 5.92 Å². The molecule has 4 rings (SSSR count). The minimum Gasteiger partial charge on any atom is -0.301 e. The molecule has 1 aliphatic rings. The number of rotatable bonds is 2. The van der Waals surface area contributed by atoms with Gasteiger partial charge in [0.05, 0.1) is 5.92 Å². The predicted molar refractivity (Wildman–Crippen MR) is 84.5 cm³/mol. The zero-order chi connectivity index (χ0) is 14.2. The summed E-state index contributed by atoms with van der Waals surface area (Å²) in [7, 11) is 0. The molecule has 0 saturated carbocycles. The van der Waals surface area contributed by atoms with Gasteiger partial charge < -0.3 is 5.32 Å². The van der Waals surface area contributed by atoms with E-state index >= 15 is 0 Å². The number of aromatic nitrogens is 1. The van der Waals surface area contributed by atoms with Crippen molar-refractivity contribution >= 4 is 22.4 Å². The molecule has 102 valence electrons. The van der Waals surface area contributed by atoms with E-state index < -0.39 is 0 Å². The first-order chi connectivity index (χ1) is 10.3. The van der Waals surface area contributed by atoms with Crippen molar-refractivity contribution in [1.82, 2.24) is 4.98 Å². The quantitative estimate of drug-likeness (QED) is 0.778. The van der Waals surface area contributed by atoms with Gasteiger partial charge in [-0.25, -0.2) is 4.98 Å². The Bertz CT molecular complexity index is 766. The number of benzene rings is 2. The van der Waals surface area contributed by atoms with Crippen molar-refractivity contribution in [3.05, 3.63) is 71.2 Å². The van der Waals surface area contributed by atoms with Crippen LogP contribution in [0.5, 0.6) is 0 Å². The Balaban J connectivity index is 1.79. The summed E-state index contributed by atoms with van der Waals surface area (Å²) in [5.74, 6) is -0.288. The van der Waals surface area contributed by atoms with Crippen LogP contribution in [-0.2, 0) is 4.79 Å².